The maximum absolute atomic E-state index is 9.76. The number of anilines is 1. The molecule has 1 saturated heterocycles. The summed E-state index contributed by atoms with van der Waals surface area (Å²) in [5, 5.41) is 14.8. The number of nitrogens with zero attached hydrogens (tertiary/aromatic N) is 3. The van der Waals surface area contributed by atoms with Gasteiger partial charge in [0.25, 0.3) is 0 Å². The largest absolute Gasteiger partial charge is 0.393 e. The Balaban J connectivity index is 1.81. The summed E-state index contributed by atoms with van der Waals surface area (Å²) >= 11 is 12.0. The van der Waals surface area contributed by atoms with Crippen molar-refractivity contribution in [3.05, 3.63) is 28.2 Å². The summed E-state index contributed by atoms with van der Waals surface area (Å²) in [6, 6.07) is 5.62. The van der Waals surface area contributed by atoms with Gasteiger partial charge in [0.2, 0.25) is 5.82 Å². The van der Waals surface area contributed by atoms with E-state index in [1.807, 2.05) is 11.8 Å². The van der Waals surface area contributed by atoms with Gasteiger partial charge in [-0.3, -0.25) is 0 Å². The molecule has 7 heteroatoms. The van der Waals surface area contributed by atoms with Gasteiger partial charge in [-0.05, 0) is 38.0 Å². The molecule has 0 spiro atoms. The summed E-state index contributed by atoms with van der Waals surface area (Å²) in [6.07, 6.45) is 1.67. The van der Waals surface area contributed by atoms with Crippen LogP contribution in [-0.4, -0.2) is 34.4 Å². The minimum absolute atomic E-state index is 0.227. The normalized spacial score (nSPS) is 20.2. The summed E-state index contributed by atoms with van der Waals surface area (Å²) in [4.78, 5) is 6.45. The molecule has 2 aromatic rings. The highest BCUT2D eigenvalue weighted by Crippen LogP contribution is 2.28. The number of aliphatic hydroxyl groups excluding tert-OH is 1. The van der Waals surface area contributed by atoms with E-state index >= 15 is 0 Å². The van der Waals surface area contributed by atoms with Crippen molar-refractivity contribution in [3.63, 3.8) is 0 Å². The van der Waals surface area contributed by atoms with Crippen molar-refractivity contribution in [1.29, 1.82) is 0 Å². The summed E-state index contributed by atoms with van der Waals surface area (Å²) in [7, 11) is 0. The van der Waals surface area contributed by atoms with Crippen LogP contribution in [0.3, 0.4) is 0 Å². The fourth-order valence-electron chi connectivity index (χ4n) is 2.72. The highest BCUT2D eigenvalue weighted by atomic mass is 35.5. The van der Waals surface area contributed by atoms with Crippen LogP contribution in [0.4, 0.5) is 6.01 Å². The molecule has 1 aliphatic heterocycles. The fourth-order valence-corrected chi connectivity index (χ4v) is 3.25. The van der Waals surface area contributed by atoms with Gasteiger partial charge in [0.1, 0.15) is 0 Å². The molecule has 118 valence electrons. The van der Waals surface area contributed by atoms with E-state index in [0.29, 0.717) is 21.9 Å². The number of benzene rings is 1. The van der Waals surface area contributed by atoms with Gasteiger partial charge in [-0.1, -0.05) is 28.4 Å². The minimum atomic E-state index is -0.336. The number of halogens is 2. The van der Waals surface area contributed by atoms with Gasteiger partial charge in [0.05, 0.1) is 6.10 Å². The molecule has 0 amide bonds. The molecule has 3 rings (SSSR count). The first-order valence-electron chi connectivity index (χ1n) is 7.26. The molecule has 0 aliphatic carbocycles. The molecule has 2 atom stereocenters. The maximum Gasteiger partial charge on any atom is 0.324 e. The quantitative estimate of drug-likeness (QED) is 0.923. The van der Waals surface area contributed by atoms with E-state index in [0.717, 1.165) is 31.5 Å². The van der Waals surface area contributed by atoms with Crippen molar-refractivity contribution >= 4 is 29.2 Å². The Bertz CT molecular complexity index is 640. The molecule has 5 nitrogen and oxygen atoms in total. The Hall–Kier alpha value is -1.30. The van der Waals surface area contributed by atoms with Gasteiger partial charge >= 0.3 is 6.01 Å². The second kappa shape index (κ2) is 6.44. The van der Waals surface area contributed by atoms with Gasteiger partial charge in [-0.25, -0.2) is 0 Å². The van der Waals surface area contributed by atoms with Gasteiger partial charge in [0, 0.05) is 34.6 Å². The van der Waals surface area contributed by atoms with Gasteiger partial charge < -0.3 is 14.5 Å². The topological polar surface area (TPSA) is 62.4 Å². The van der Waals surface area contributed by atoms with Crippen LogP contribution in [0.15, 0.2) is 22.7 Å². The Morgan fingerprint density at radius 3 is 2.73 bits per heavy atom. The van der Waals surface area contributed by atoms with Crippen LogP contribution < -0.4 is 4.90 Å². The van der Waals surface area contributed by atoms with E-state index in [-0.39, 0.29) is 12.0 Å². The van der Waals surface area contributed by atoms with Crippen LogP contribution in [0.2, 0.25) is 10.0 Å². The highest BCUT2D eigenvalue weighted by Gasteiger charge is 2.26. The first-order valence-corrected chi connectivity index (χ1v) is 8.01. The molecule has 2 unspecified atom stereocenters. The second-order valence-corrected chi connectivity index (χ2v) is 6.52. The smallest absolute Gasteiger partial charge is 0.324 e. The third-order valence-electron chi connectivity index (χ3n) is 3.95. The third-order valence-corrected chi connectivity index (χ3v) is 4.38. The van der Waals surface area contributed by atoms with E-state index in [1.54, 1.807) is 18.2 Å². The number of rotatable bonds is 3. The lowest BCUT2D eigenvalue weighted by Crippen LogP contribution is -2.39. The van der Waals surface area contributed by atoms with Crippen LogP contribution in [-0.2, 0) is 0 Å². The van der Waals surface area contributed by atoms with Crippen molar-refractivity contribution in [2.75, 3.05) is 18.0 Å². The molecular formula is C15H17Cl2N3O2. The molecule has 1 aromatic heterocycles. The lowest BCUT2D eigenvalue weighted by Gasteiger charge is -2.32. The van der Waals surface area contributed by atoms with Crippen molar-refractivity contribution in [2.24, 2.45) is 5.92 Å². The zero-order valence-electron chi connectivity index (χ0n) is 12.2. The van der Waals surface area contributed by atoms with E-state index in [2.05, 4.69) is 10.1 Å². The summed E-state index contributed by atoms with van der Waals surface area (Å²) in [6.45, 7) is 3.39. The van der Waals surface area contributed by atoms with Crippen LogP contribution in [0.1, 0.15) is 19.8 Å². The molecule has 1 aromatic carbocycles. The SMILES string of the molecule is CC(O)C1CCCN(c2nc(-c3cc(Cl)cc(Cl)c3)no2)C1. The highest BCUT2D eigenvalue weighted by molar-refractivity contribution is 6.35. The lowest BCUT2D eigenvalue weighted by atomic mass is 9.94. The van der Waals surface area contributed by atoms with Gasteiger partial charge in [-0.2, -0.15) is 4.98 Å². The monoisotopic (exact) mass is 341 g/mol. The molecule has 0 saturated carbocycles. The first kappa shape index (κ1) is 15.6. The molecule has 0 radical (unpaired) electrons. The number of aromatic nitrogens is 2. The predicted molar refractivity (Wildman–Crippen MR) is 86.4 cm³/mol. The van der Waals surface area contributed by atoms with E-state index in [9.17, 15) is 5.11 Å². The number of hydrogen-bond donors (Lipinski definition) is 1. The second-order valence-electron chi connectivity index (χ2n) is 5.65. The lowest BCUT2D eigenvalue weighted by molar-refractivity contribution is 0.113. The average Bonchev–Trinajstić information content (AvgIpc) is 2.96. The van der Waals surface area contributed by atoms with Crippen LogP contribution in [0.25, 0.3) is 11.4 Å². The third kappa shape index (κ3) is 3.37. The zero-order valence-corrected chi connectivity index (χ0v) is 13.7. The van der Waals surface area contributed by atoms with Crippen LogP contribution in [0.5, 0.6) is 0 Å². The fraction of sp³-hybridized carbons (Fsp3) is 0.467. The Kier molecular flexibility index (Phi) is 4.57. The minimum Gasteiger partial charge on any atom is -0.393 e. The van der Waals surface area contributed by atoms with Crippen molar-refractivity contribution in [1.82, 2.24) is 10.1 Å². The van der Waals surface area contributed by atoms with E-state index < -0.39 is 0 Å². The predicted octanol–water partition coefficient (Wildman–Crippen LogP) is 3.64. The standard InChI is InChI=1S/C15H17Cl2N3O2/c1-9(21)10-3-2-4-20(8-10)15-18-14(19-22-15)11-5-12(16)7-13(17)6-11/h5-7,9-10,21H,2-4,8H2,1H3. The molecule has 22 heavy (non-hydrogen) atoms. The zero-order chi connectivity index (χ0) is 15.7. The Morgan fingerprint density at radius 2 is 2.05 bits per heavy atom. The average molecular weight is 342 g/mol. The number of aliphatic hydroxyl groups is 1. The van der Waals surface area contributed by atoms with Crippen molar-refractivity contribution in [2.45, 2.75) is 25.9 Å². The van der Waals surface area contributed by atoms with Crippen LogP contribution in [0, 0.1) is 5.92 Å². The molecular weight excluding hydrogens is 325 g/mol. The Morgan fingerprint density at radius 1 is 1.32 bits per heavy atom. The summed E-state index contributed by atoms with van der Waals surface area (Å²) in [5.74, 6) is 0.684. The molecule has 0 bridgehead atoms. The summed E-state index contributed by atoms with van der Waals surface area (Å²) in [5.41, 5.74) is 0.719. The molecule has 2 heterocycles. The molecule has 1 N–H and O–H groups in total. The Labute approximate surface area is 138 Å². The van der Waals surface area contributed by atoms with Gasteiger partial charge in [0.15, 0.2) is 0 Å². The number of hydrogen-bond acceptors (Lipinski definition) is 5. The van der Waals surface area contributed by atoms with Crippen molar-refractivity contribution < 1.29 is 9.63 Å². The first-order chi connectivity index (χ1) is 10.5. The van der Waals surface area contributed by atoms with Crippen LogP contribution >= 0.6 is 23.2 Å². The molecule has 1 fully saturated rings. The maximum atomic E-state index is 9.76. The van der Waals surface area contributed by atoms with Gasteiger partial charge in [-0.15, -0.1) is 0 Å². The summed E-state index contributed by atoms with van der Waals surface area (Å²) < 4.78 is 5.36. The van der Waals surface area contributed by atoms with Crippen molar-refractivity contribution in [3.8, 4) is 11.4 Å². The van der Waals surface area contributed by atoms with E-state index in [4.69, 9.17) is 27.7 Å². The van der Waals surface area contributed by atoms with E-state index in [1.165, 1.54) is 0 Å². The number of piperidine rings is 1. The molecule has 1 aliphatic rings.